The minimum atomic E-state index is -0.0710. The van der Waals surface area contributed by atoms with E-state index in [1.807, 2.05) is 20.8 Å². The van der Waals surface area contributed by atoms with E-state index in [1.165, 1.54) is 19.3 Å². The van der Waals surface area contributed by atoms with Gasteiger partial charge in [-0.2, -0.15) is 0 Å². The van der Waals surface area contributed by atoms with Gasteiger partial charge in [0.05, 0.1) is 6.04 Å². The maximum absolute atomic E-state index is 11.6. The van der Waals surface area contributed by atoms with Crippen LogP contribution in [0.1, 0.15) is 47.0 Å². The molecule has 3 unspecified atom stereocenters. The molecule has 3 atom stereocenters. The molecule has 2 N–H and O–H groups in total. The van der Waals surface area contributed by atoms with Crippen LogP contribution in [0.3, 0.4) is 0 Å². The Labute approximate surface area is 99.4 Å². The maximum atomic E-state index is 11.6. The molecule has 3 nitrogen and oxygen atoms in total. The van der Waals surface area contributed by atoms with Gasteiger partial charge in [-0.15, -0.1) is 0 Å². The van der Waals surface area contributed by atoms with Crippen molar-refractivity contribution in [1.82, 2.24) is 10.6 Å². The van der Waals surface area contributed by atoms with Gasteiger partial charge in [0, 0.05) is 6.04 Å². The SMILES string of the molecule is CC1CCC(CNC(C)C(=O)NC(C)C)C1. The van der Waals surface area contributed by atoms with Crippen LogP contribution in [0.15, 0.2) is 0 Å². The average molecular weight is 226 g/mol. The van der Waals surface area contributed by atoms with Crippen LogP contribution in [-0.2, 0) is 4.79 Å². The smallest absolute Gasteiger partial charge is 0.237 e. The topological polar surface area (TPSA) is 41.1 Å². The predicted molar refractivity (Wildman–Crippen MR) is 67.2 cm³/mol. The molecule has 0 saturated heterocycles. The second-order valence-electron chi connectivity index (χ2n) is 5.58. The van der Waals surface area contributed by atoms with Crippen molar-refractivity contribution in [2.24, 2.45) is 11.8 Å². The molecule has 0 heterocycles. The standard InChI is InChI=1S/C13H26N2O/c1-9(2)15-13(16)11(4)14-8-12-6-5-10(3)7-12/h9-12,14H,5-8H2,1-4H3,(H,15,16). The van der Waals surface area contributed by atoms with Crippen molar-refractivity contribution >= 4 is 5.91 Å². The van der Waals surface area contributed by atoms with E-state index in [0.29, 0.717) is 0 Å². The van der Waals surface area contributed by atoms with Crippen LogP contribution in [0.2, 0.25) is 0 Å². The Bertz CT molecular complexity index is 228. The van der Waals surface area contributed by atoms with Crippen LogP contribution < -0.4 is 10.6 Å². The second kappa shape index (κ2) is 6.24. The lowest BCUT2D eigenvalue weighted by Gasteiger charge is -2.18. The third-order valence-corrected chi connectivity index (χ3v) is 3.34. The molecule has 1 rings (SSSR count). The molecule has 0 radical (unpaired) electrons. The van der Waals surface area contributed by atoms with Crippen LogP contribution in [0.5, 0.6) is 0 Å². The molecular weight excluding hydrogens is 200 g/mol. The van der Waals surface area contributed by atoms with Crippen LogP contribution in [0.25, 0.3) is 0 Å². The summed E-state index contributed by atoms with van der Waals surface area (Å²) in [7, 11) is 0. The summed E-state index contributed by atoms with van der Waals surface area (Å²) in [6, 6.07) is 0.154. The van der Waals surface area contributed by atoms with Gasteiger partial charge < -0.3 is 10.6 Å². The van der Waals surface area contributed by atoms with E-state index in [4.69, 9.17) is 0 Å². The van der Waals surface area contributed by atoms with Crippen molar-refractivity contribution in [3.05, 3.63) is 0 Å². The minimum Gasteiger partial charge on any atom is -0.353 e. The van der Waals surface area contributed by atoms with E-state index in [1.54, 1.807) is 0 Å². The Morgan fingerprint density at radius 2 is 2.00 bits per heavy atom. The van der Waals surface area contributed by atoms with Gasteiger partial charge in [0.15, 0.2) is 0 Å². The van der Waals surface area contributed by atoms with Gasteiger partial charge >= 0.3 is 0 Å². The van der Waals surface area contributed by atoms with E-state index in [9.17, 15) is 4.79 Å². The van der Waals surface area contributed by atoms with Gasteiger partial charge in [0.1, 0.15) is 0 Å². The van der Waals surface area contributed by atoms with Crippen molar-refractivity contribution in [3.8, 4) is 0 Å². The van der Waals surface area contributed by atoms with Crippen LogP contribution in [0.4, 0.5) is 0 Å². The number of carbonyl (C=O) groups excluding carboxylic acids is 1. The Hall–Kier alpha value is -0.570. The molecule has 0 spiro atoms. The fourth-order valence-corrected chi connectivity index (χ4v) is 2.36. The maximum Gasteiger partial charge on any atom is 0.237 e. The monoisotopic (exact) mass is 226 g/mol. The normalized spacial score (nSPS) is 27.1. The highest BCUT2D eigenvalue weighted by Crippen LogP contribution is 2.29. The lowest BCUT2D eigenvalue weighted by Crippen LogP contribution is -2.45. The fourth-order valence-electron chi connectivity index (χ4n) is 2.36. The van der Waals surface area contributed by atoms with Gasteiger partial charge in [-0.25, -0.2) is 0 Å². The van der Waals surface area contributed by atoms with E-state index >= 15 is 0 Å². The van der Waals surface area contributed by atoms with Gasteiger partial charge in [0.25, 0.3) is 0 Å². The molecule has 1 saturated carbocycles. The zero-order chi connectivity index (χ0) is 12.1. The fraction of sp³-hybridized carbons (Fsp3) is 0.923. The number of hydrogen-bond acceptors (Lipinski definition) is 2. The first-order chi connectivity index (χ1) is 7.49. The van der Waals surface area contributed by atoms with Crippen LogP contribution in [0, 0.1) is 11.8 Å². The molecule has 0 aromatic carbocycles. The highest BCUT2D eigenvalue weighted by molar-refractivity contribution is 5.81. The molecule has 1 fully saturated rings. The van der Waals surface area contributed by atoms with Gasteiger partial charge in [-0.3, -0.25) is 4.79 Å². The molecular formula is C13H26N2O. The second-order valence-corrected chi connectivity index (χ2v) is 5.58. The first kappa shape index (κ1) is 13.5. The molecule has 3 heteroatoms. The Kier molecular flexibility index (Phi) is 5.26. The number of amides is 1. The highest BCUT2D eigenvalue weighted by atomic mass is 16.2. The minimum absolute atomic E-state index is 0.0710. The predicted octanol–water partition coefficient (Wildman–Crippen LogP) is 1.93. The van der Waals surface area contributed by atoms with Crippen molar-refractivity contribution in [1.29, 1.82) is 0 Å². The average Bonchev–Trinajstić information content (AvgIpc) is 2.59. The van der Waals surface area contributed by atoms with Crippen molar-refractivity contribution < 1.29 is 4.79 Å². The van der Waals surface area contributed by atoms with E-state index in [0.717, 1.165) is 18.4 Å². The lowest BCUT2D eigenvalue weighted by atomic mass is 10.1. The summed E-state index contributed by atoms with van der Waals surface area (Å²) in [6.45, 7) is 9.22. The third-order valence-electron chi connectivity index (χ3n) is 3.34. The molecule has 94 valence electrons. The molecule has 0 aromatic rings. The molecule has 16 heavy (non-hydrogen) atoms. The zero-order valence-corrected chi connectivity index (χ0v) is 11.0. The number of carbonyl (C=O) groups is 1. The summed E-state index contributed by atoms with van der Waals surface area (Å²) in [6.07, 6.45) is 3.97. The first-order valence-corrected chi connectivity index (χ1v) is 6.52. The van der Waals surface area contributed by atoms with Gasteiger partial charge in [0.2, 0.25) is 5.91 Å². The molecule has 1 aliphatic carbocycles. The summed E-state index contributed by atoms with van der Waals surface area (Å²) < 4.78 is 0. The third kappa shape index (κ3) is 4.52. The summed E-state index contributed by atoms with van der Waals surface area (Å²) in [4.78, 5) is 11.6. The van der Waals surface area contributed by atoms with Crippen molar-refractivity contribution in [2.45, 2.75) is 59.0 Å². The van der Waals surface area contributed by atoms with Crippen LogP contribution >= 0.6 is 0 Å². The number of rotatable bonds is 5. The molecule has 0 bridgehead atoms. The van der Waals surface area contributed by atoms with E-state index in [2.05, 4.69) is 17.6 Å². The first-order valence-electron chi connectivity index (χ1n) is 6.52. The van der Waals surface area contributed by atoms with E-state index < -0.39 is 0 Å². The van der Waals surface area contributed by atoms with Gasteiger partial charge in [-0.1, -0.05) is 13.3 Å². The highest BCUT2D eigenvalue weighted by Gasteiger charge is 2.22. The van der Waals surface area contributed by atoms with Gasteiger partial charge in [-0.05, 0) is 52.0 Å². The van der Waals surface area contributed by atoms with Crippen molar-refractivity contribution in [2.75, 3.05) is 6.54 Å². The number of nitrogens with one attached hydrogen (secondary N) is 2. The Morgan fingerprint density at radius 1 is 1.31 bits per heavy atom. The molecule has 0 aliphatic heterocycles. The largest absolute Gasteiger partial charge is 0.353 e. The zero-order valence-electron chi connectivity index (χ0n) is 11.0. The summed E-state index contributed by atoms with van der Waals surface area (Å²) >= 11 is 0. The summed E-state index contributed by atoms with van der Waals surface area (Å²) in [5.74, 6) is 1.75. The van der Waals surface area contributed by atoms with Crippen LogP contribution in [-0.4, -0.2) is 24.5 Å². The number of hydrogen-bond donors (Lipinski definition) is 2. The summed E-state index contributed by atoms with van der Waals surface area (Å²) in [5, 5.41) is 6.26. The Morgan fingerprint density at radius 3 is 2.50 bits per heavy atom. The summed E-state index contributed by atoms with van der Waals surface area (Å²) in [5.41, 5.74) is 0. The molecule has 1 amide bonds. The molecule has 0 aromatic heterocycles. The quantitative estimate of drug-likeness (QED) is 0.752. The van der Waals surface area contributed by atoms with Crippen molar-refractivity contribution in [3.63, 3.8) is 0 Å². The van der Waals surface area contributed by atoms with E-state index in [-0.39, 0.29) is 18.0 Å². The Balaban J connectivity index is 2.19. The lowest BCUT2D eigenvalue weighted by molar-refractivity contribution is -0.123. The molecule has 1 aliphatic rings.